The summed E-state index contributed by atoms with van der Waals surface area (Å²) in [5, 5.41) is 24.4. The van der Waals surface area contributed by atoms with Crippen molar-refractivity contribution in [1.82, 2.24) is 5.32 Å². The van der Waals surface area contributed by atoms with Crippen molar-refractivity contribution in [2.45, 2.75) is 123 Å². The van der Waals surface area contributed by atoms with E-state index in [0.29, 0.717) is 41.9 Å². The molecule has 3 N–H and O–H groups in total. The fraction of sp³-hybridized carbons (Fsp3) is 0.771. The van der Waals surface area contributed by atoms with Gasteiger partial charge in [0.15, 0.2) is 0 Å². The average Bonchev–Trinajstić information content (AvgIpc) is 3.26. The zero-order valence-electron chi connectivity index (χ0n) is 25.7. The van der Waals surface area contributed by atoms with Gasteiger partial charge in [-0.05, 0) is 127 Å². The lowest BCUT2D eigenvalue weighted by Crippen LogP contribution is -2.59. The first-order valence-electron chi connectivity index (χ1n) is 16.1. The molecule has 1 aromatic rings. The van der Waals surface area contributed by atoms with E-state index in [1.807, 2.05) is 12.1 Å². The smallest absolute Gasteiger partial charge is 0.303 e. The molecule has 5 rings (SSSR count). The zero-order valence-corrected chi connectivity index (χ0v) is 25.7. The number of rotatable bonds is 6. The summed E-state index contributed by atoms with van der Waals surface area (Å²) in [6.07, 6.45) is 9.38. The van der Waals surface area contributed by atoms with E-state index in [1.165, 1.54) is 24.8 Å². The highest BCUT2D eigenvalue weighted by Gasteiger charge is 2.63. The van der Waals surface area contributed by atoms with E-state index in [2.05, 4.69) is 59.0 Å². The van der Waals surface area contributed by atoms with E-state index in [9.17, 15) is 19.8 Å². The van der Waals surface area contributed by atoms with Crippen molar-refractivity contribution < 1.29 is 19.8 Å². The Morgan fingerprint density at radius 2 is 1.70 bits per heavy atom. The van der Waals surface area contributed by atoms with Crippen molar-refractivity contribution in [3.8, 4) is 0 Å². The van der Waals surface area contributed by atoms with Crippen LogP contribution in [0.3, 0.4) is 0 Å². The summed E-state index contributed by atoms with van der Waals surface area (Å²) in [6, 6.07) is 8.31. The van der Waals surface area contributed by atoms with Crippen molar-refractivity contribution in [3.63, 3.8) is 0 Å². The van der Waals surface area contributed by atoms with Gasteiger partial charge in [0.2, 0.25) is 0 Å². The third-order valence-corrected chi connectivity index (χ3v) is 12.7. The molecule has 0 spiro atoms. The van der Waals surface area contributed by atoms with E-state index in [1.54, 1.807) is 0 Å². The number of aliphatic carboxylic acids is 1. The second kappa shape index (κ2) is 10.7. The fourth-order valence-corrected chi connectivity index (χ4v) is 10.3. The minimum absolute atomic E-state index is 0.0422. The zero-order chi connectivity index (χ0) is 29.0. The molecule has 0 saturated heterocycles. The Bertz CT molecular complexity index is 1090. The average molecular weight is 552 g/mol. The van der Waals surface area contributed by atoms with Gasteiger partial charge in [-0.15, -0.1) is 0 Å². The van der Waals surface area contributed by atoms with Gasteiger partial charge in [0.05, 0.1) is 6.10 Å². The quantitative estimate of drug-likeness (QED) is 0.349. The number of hydrogen-bond donors (Lipinski definition) is 3. The maximum absolute atomic E-state index is 13.1. The van der Waals surface area contributed by atoms with Gasteiger partial charge in [0.1, 0.15) is 0 Å². The molecule has 4 fully saturated rings. The van der Waals surface area contributed by atoms with Crippen LogP contribution in [0.2, 0.25) is 0 Å². The van der Waals surface area contributed by atoms with Crippen molar-refractivity contribution in [2.24, 2.45) is 46.3 Å². The predicted molar refractivity (Wildman–Crippen MR) is 159 cm³/mol. The number of carboxylic acid groups (broad SMARTS) is 1. The van der Waals surface area contributed by atoms with E-state index in [0.717, 1.165) is 37.7 Å². The lowest BCUT2D eigenvalue weighted by atomic mass is 9.43. The first kappa shape index (κ1) is 29.6. The molecule has 5 nitrogen and oxygen atoms in total. The maximum Gasteiger partial charge on any atom is 0.303 e. The van der Waals surface area contributed by atoms with Crippen molar-refractivity contribution in [3.05, 3.63) is 35.4 Å². The standard InChI is InChI=1S/C35H53NO4/c1-21(7-16-31(38)39)27-14-15-28-26-13-12-24-19-25(17-18-34(24,5)29(26)20-30(37)35(27,28)6)36-32(40)22-8-10-23(11-9-22)33(2,3)4/h8-11,21,24-30,37H,7,12-20H2,1-6H3,(H,36,40)(H,38,39)/t21-,24?,25+,26+,27-,28+,29+,30+,34+,35-/m1/s1. The molecular weight excluding hydrogens is 498 g/mol. The number of fused-ring (bicyclic) bond motifs is 5. The third-order valence-electron chi connectivity index (χ3n) is 12.7. The third kappa shape index (κ3) is 5.14. The molecule has 5 heteroatoms. The van der Waals surface area contributed by atoms with Crippen LogP contribution in [0.4, 0.5) is 0 Å². The Hall–Kier alpha value is -1.88. The van der Waals surface area contributed by atoms with E-state index >= 15 is 0 Å². The molecule has 1 aromatic carbocycles. The van der Waals surface area contributed by atoms with Crippen LogP contribution in [0.15, 0.2) is 24.3 Å². The van der Waals surface area contributed by atoms with Crippen LogP contribution in [0, 0.1) is 46.3 Å². The molecule has 1 unspecified atom stereocenters. The lowest BCUT2D eigenvalue weighted by Gasteiger charge is -2.62. The molecule has 4 aliphatic carbocycles. The van der Waals surface area contributed by atoms with Gasteiger partial charge in [-0.3, -0.25) is 9.59 Å². The first-order valence-corrected chi connectivity index (χ1v) is 16.1. The van der Waals surface area contributed by atoms with Gasteiger partial charge < -0.3 is 15.5 Å². The van der Waals surface area contributed by atoms with Gasteiger partial charge >= 0.3 is 5.97 Å². The molecule has 222 valence electrons. The Labute approximate surface area is 241 Å². The summed E-state index contributed by atoms with van der Waals surface area (Å²) in [7, 11) is 0. The molecule has 0 heterocycles. The van der Waals surface area contributed by atoms with Gasteiger partial charge in [0, 0.05) is 18.0 Å². The summed E-state index contributed by atoms with van der Waals surface area (Å²) in [5.41, 5.74) is 2.17. The topological polar surface area (TPSA) is 86.6 Å². The SMILES string of the molecule is C[C@H](CCC(=O)O)[C@H]1CC[C@H]2[C@@H]3CCC4C[C@@H](NC(=O)c5ccc(C(C)(C)C)cc5)CC[C@]4(C)[C@H]3C[C@H](O)[C@]12C. The van der Waals surface area contributed by atoms with Gasteiger partial charge in [-0.2, -0.15) is 0 Å². The van der Waals surface area contributed by atoms with Gasteiger partial charge in [-0.25, -0.2) is 0 Å². The number of aliphatic hydroxyl groups excluding tert-OH is 1. The number of hydrogen-bond acceptors (Lipinski definition) is 3. The second-order valence-electron chi connectivity index (χ2n) is 15.6. The predicted octanol–water partition coefficient (Wildman–Crippen LogP) is 7.21. The molecule has 10 atom stereocenters. The molecule has 0 aromatic heterocycles. The van der Waals surface area contributed by atoms with Crippen LogP contribution in [0.5, 0.6) is 0 Å². The van der Waals surface area contributed by atoms with Crippen molar-refractivity contribution in [2.75, 3.05) is 0 Å². The number of carbonyl (C=O) groups excluding carboxylic acids is 1. The summed E-state index contributed by atoms with van der Waals surface area (Å²) in [5.74, 6) is 2.36. The highest BCUT2D eigenvalue weighted by Crippen LogP contribution is 2.68. The largest absolute Gasteiger partial charge is 0.481 e. The fourth-order valence-electron chi connectivity index (χ4n) is 10.3. The normalized spacial score (nSPS) is 39.9. The number of amides is 1. The van der Waals surface area contributed by atoms with Crippen LogP contribution in [-0.2, 0) is 10.2 Å². The molecule has 4 aliphatic rings. The molecular formula is C35H53NO4. The summed E-state index contributed by atoms with van der Waals surface area (Å²) in [6.45, 7) is 13.6. The highest BCUT2D eigenvalue weighted by atomic mass is 16.4. The van der Waals surface area contributed by atoms with Gasteiger partial charge in [-0.1, -0.05) is 53.7 Å². The van der Waals surface area contributed by atoms with Gasteiger partial charge in [0.25, 0.3) is 5.91 Å². The minimum Gasteiger partial charge on any atom is -0.481 e. The monoisotopic (exact) mass is 551 g/mol. The number of carbonyl (C=O) groups is 2. The molecule has 0 aliphatic heterocycles. The number of benzene rings is 1. The number of carboxylic acids is 1. The van der Waals surface area contributed by atoms with Crippen LogP contribution in [0.25, 0.3) is 0 Å². The van der Waals surface area contributed by atoms with Crippen molar-refractivity contribution >= 4 is 11.9 Å². The van der Waals surface area contributed by atoms with E-state index < -0.39 is 5.97 Å². The number of aliphatic hydroxyl groups is 1. The van der Waals surface area contributed by atoms with Crippen LogP contribution >= 0.6 is 0 Å². The molecule has 0 bridgehead atoms. The first-order chi connectivity index (χ1) is 18.7. The summed E-state index contributed by atoms with van der Waals surface area (Å²) >= 11 is 0. The van der Waals surface area contributed by atoms with Crippen LogP contribution in [0.1, 0.15) is 122 Å². The van der Waals surface area contributed by atoms with E-state index in [4.69, 9.17) is 0 Å². The van der Waals surface area contributed by atoms with Crippen molar-refractivity contribution in [1.29, 1.82) is 0 Å². The van der Waals surface area contributed by atoms with E-state index in [-0.39, 0.29) is 40.7 Å². The highest BCUT2D eigenvalue weighted by molar-refractivity contribution is 5.94. The van der Waals surface area contributed by atoms with Crippen LogP contribution < -0.4 is 5.32 Å². The maximum atomic E-state index is 13.1. The molecule has 0 radical (unpaired) electrons. The second-order valence-corrected chi connectivity index (χ2v) is 15.6. The summed E-state index contributed by atoms with van der Waals surface area (Å²) in [4.78, 5) is 24.4. The Balaban J connectivity index is 1.25. The Kier molecular flexibility index (Phi) is 7.96. The lowest BCUT2D eigenvalue weighted by molar-refractivity contribution is -0.169. The number of nitrogens with one attached hydrogen (secondary N) is 1. The molecule has 4 saturated carbocycles. The Morgan fingerprint density at radius 1 is 1.00 bits per heavy atom. The molecule has 1 amide bonds. The van der Waals surface area contributed by atoms with Crippen LogP contribution in [-0.4, -0.2) is 34.2 Å². The molecule has 40 heavy (non-hydrogen) atoms. The minimum atomic E-state index is -0.715. The summed E-state index contributed by atoms with van der Waals surface area (Å²) < 4.78 is 0. The Morgan fingerprint density at radius 3 is 2.35 bits per heavy atom.